The summed E-state index contributed by atoms with van der Waals surface area (Å²) in [5, 5.41) is 3.67. The van der Waals surface area contributed by atoms with Crippen molar-refractivity contribution in [3.8, 4) is 11.5 Å². The van der Waals surface area contributed by atoms with Crippen LogP contribution >= 0.6 is 11.6 Å². The zero-order valence-electron chi connectivity index (χ0n) is 14.4. The van der Waals surface area contributed by atoms with Gasteiger partial charge in [0.25, 0.3) is 0 Å². The predicted molar refractivity (Wildman–Crippen MR) is 98.4 cm³/mol. The van der Waals surface area contributed by atoms with Crippen LogP contribution in [-0.2, 0) is 4.79 Å². The van der Waals surface area contributed by atoms with Crippen molar-refractivity contribution < 1.29 is 14.3 Å². The van der Waals surface area contributed by atoms with Gasteiger partial charge in [-0.1, -0.05) is 49.7 Å². The van der Waals surface area contributed by atoms with Crippen molar-refractivity contribution in [2.45, 2.75) is 25.9 Å². The molecular formula is C20H22ClNO3. The molecule has 1 amide bonds. The minimum atomic E-state index is -0.228. The van der Waals surface area contributed by atoms with Crippen LogP contribution in [0.4, 0.5) is 0 Å². The molecule has 2 atom stereocenters. The van der Waals surface area contributed by atoms with Crippen LogP contribution in [0.3, 0.4) is 0 Å². The van der Waals surface area contributed by atoms with E-state index in [9.17, 15) is 4.79 Å². The lowest BCUT2D eigenvalue weighted by atomic mass is 9.87. The highest BCUT2D eigenvalue weighted by Crippen LogP contribution is 2.31. The fourth-order valence-electron chi connectivity index (χ4n) is 3.00. The fourth-order valence-corrected chi connectivity index (χ4v) is 3.12. The molecule has 0 radical (unpaired) electrons. The molecule has 0 saturated heterocycles. The molecule has 4 nitrogen and oxygen atoms in total. The molecule has 1 heterocycles. The van der Waals surface area contributed by atoms with Crippen molar-refractivity contribution in [1.82, 2.24) is 5.32 Å². The highest BCUT2D eigenvalue weighted by Gasteiger charge is 2.26. The second-order valence-electron chi connectivity index (χ2n) is 6.52. The first kappa shape index (κ1) is 17.6. The van der Waals surface area contributed by atoms with Gasteiger partial charge in [0.1, 0.15) is 12.7 Å². The van der Waals surface area contributed by atoms with Gasteiger partial charge in [-0.3, -0.25) is 4.79 Å². The molecule has 2 aromatic carbocycles. The first-order valence-electron chi connectivity index (χ1n) is 8.46. The van der Waals surface area contributed by atoms with E-state index in [2.05, 4.69) is 5.32 Å². The Morgan fingerprint density at radius 1 is 1.16 bits per heavy atom. The van der Waals surface area contributed by atoms with E-state index in [0.717, 1.165) is 11.3 Å². The van der Waals surface area contributed by atoms with Gasteiger partial charge in [-0.05, 0) is 35.7 Å². The van der Waals surface area contributed by atoms with Gasteiger partial charge in [0, 0.05) is 5.02 Å². The van der Waals surface area contributed by atoms with Crippen molar-refractivity contribution in [2.75, 3.05) is 13.2 Å². The van der Waals surface area contributed by atoms with Crippen molar-refractivity contribution in [2.24, 2.45) is 5.92 Å². The van der Waals surface area contributed by atoms with Gasteiger partial charge in [0.2, 0.25) is 5.91 Å². The van der Waals surface area contributed by atoms with E-state index in [4.69, 9.17) is 21.1 Å². The van der Waals surface area contributed by atoms with Crippen molar-refractivity contribution in [1.29, 1.82) is 0 Å². The third-order valence-electron chi connectivity index (χ3n) is 4.25. The predicted octanol–water partition coefficient (Wildman–Crippen LogP) is 4.04. The molecule has 1 N–H and O–H groups in total. The number of hydrogen-bond acceptors (Lipinski definition) is 3. The van der Waals surface area contributed by atoms with E-state index in [-0.39, 0.29) is 23.8 Å². The second-order valence-corrected chi connectivity index (χ2v) is 6.95. The van der Waals surface area contributed by atoms with E-state index < -0.39 is 0 Å². The maximum atomic E-state index is 12.7. The lowest BCUT2D eigenvalue weighted by Crippen LogP contribution is -2.43. The van der Waals surface area contributed by atoms with Crippen LogP contribution in [0.1, 0.15) is 25.3 Å². The first-order chi connectivity index (χ1) is 12.0. The zero-order chi connectivity index (χ0) is 17.8. The summed E-state index contributed by atoms with van der Waals surface area (Å²) < 4.78 is 11.6. The second kappa shape index (κ2) is 7.79. The number of halogens is 1. The van der Waals surface area contributed by atoms with E-state index in [0.29, 0.717) is 23.9 Å². The molecule has 1 aliphatic heterocycles. The number of para-hydroxylation sites is 2. The Labute approximate surface area is 153 Å². The van der Waals surface area contributed by atoms with Gasteiger partial charge in [0.15, 0.2) is 11.5 Å². The summed E-state index contributed by atoms with van der Waals surface area (Å²) in [7, 11) is 0. The number of rotatable bonds is 5. The average Bonchev–Trinajstić information content (AvgIpc) is 2.61. The largest absolute Gasteiger partial charge is 0.486 e. The van der Waals surface area contributed by atoms with E-state index >= 15 is 0 Å². The minimum absolute atomic E-state index is 0.0141. The molecule has 0 unspecified atom stereocenters. The Morgan fingerprint density at radius 2 is 1.84 bits per heavy atom. The van der Waals surface area contributed by atoms with Crippen molar-refractivity contribution in [3.63, 3.8) is 0 Å². The lowest BCUT2D eigenvalue weighted by Gasteiger charge is -2.28. The summed E-state index contributed by atoms with van der Waals surface area (Å²) >= 11 is 5.95. The van der Waals surface area contributed by atoms with E-state index in [1.54, 1.807) is 0 Å². The van der Waals surface area contributed by atoms with Crippen LogP contribution in [0, 0.1) is 5.92 Å². The molecule has 0 bridgehead atoms. The Morgan fingerprint density at radius 3 is 2.52 bits per heavy atom. The molecule has 25 heavy (non-hydrogen) atoms. The van der Waals surface area contributed by atoms with Gasteiger partial charge in [0.05, 0.1) is 12.5 Å². The SMILES string of the molecule is CC(C)[C@@H](C(=O)NC[C@H]1COc2ccccc2O1)c1ccc(Cl)cc1. The summed E-state index contributed by atoms with van der Waals surface area (Å²) in [5.74, 6) is 1.39. The molecule has 5 heteroatoms. The Bertz CT molecular complexity index is 730. The molecule has 132 valence electrons. The molecule has 2 aromatic rings. The van der Waals surface area contributed by atoms with E-state index in [1.165, 1.54) is 0 Å². The van der Waals surface area contributed by atoms with Gasteiger partial charge < -0.3 is 14.8 Å². The molecular weight excluding hydrogens is 338 g/mol. The topological polar surface area (TPSA) is 47.6 Å². The van der Waals surface area contributed by atoms with Crippen LogP contribution in [0.15, 0.2) is 48.5 Å². The summed E-state index contributed by atoms with van der Waals surface area (Å²) in [6.07, 6.45) is -0.197. The lowest BCUT2D eigenvalue weighted by molar-refractivity contribution is -0.124. The highest BCUT2D eigenvalue weighted by atomic mass is 35.5. The summed E-state index contributed by atoms with van der Waals surface area (Å²) in [4.78, 5) is 12.7. The molecule has 3 rings (SSSR count). The summed E-state index contributed by atoms with van der Waals surface area (Å²) in [5.41, 5.74) is 0.961. The van der Waals surface area contributed by atoms with Gasteiger partial charge in [-0.2, -0.15) is 0 Å². The number of carbonyl (C=O) groups is 1. The van der Waals surface area contributed by atoms with Gasteiger partial charge in [-0.25, -0.2) is 0 Å². The van der Waals surface area contributed by atoms with Gasteiger partial charge in [-0.15, -0.1) is 0 Å². The Hall–Kier alpha value is -2.20. The van der Waals surface area contributed by atoms with Crippen molar-refractivity contribution >= 4 is 17.5 Å². The average molecular weight is 360 g/mol. The smallest absolute Gasteiger partial charge is 0.227 e. The molecule has 0 saturated carbocycles. The number of benzene rings is 2. The number of amides is 1. The summed E-state index contributed by atoms with van der Waals surface area (Å²) in [6.45, 7) is 4.90. The molecule has 0 aliphatic carbocycles. The monoisotopic (exact) mass is 359 g/mol. The molecule has 0 aromatic heterocycles. The maximum absolute atomic E-state index is 12.7. The quantitative estimate of drug-likeness (QED) is 0.876. The minimum Gasteiger partial charge on any atom is -0.486 e. The Kier molecular flexibility index (Phi) is 5.49. The van der Waals surface area contributed by atoms with Crippen LogP contribution < -0.4 is 14.8 Å². The third kappa shape index (κ3) is 4.26. The van der Waals surface area contributed by atoms with Crippen LogP contribution in [-0.4, -0.2) is 25.2 Å². The van der Waals surface area contributed by atoms with Crippen molar-refractivity contribution in [3.05, 3.63) is 59.1 Å². The fraction of sp³-hybridized carbons (Fsp3) is 0.350. The first-order valence-corrected chi connectivity index (χ1v) is 8.84. The third-order valence-corrected chi connectivity index (χ3v) is 4.50. The number of fused-ring (bicyclic) bond motifs is 1. The van der Waals surface area contributed by atoms with Crippen LogP contribution in [0.5, 0.6) is 11.5 Å². The number of hydrogen-bond donors (Lipinski definition) is 1. The maximum Gasteiger partial charge on any atom is 0.227 e. The van der Waals surface area contributed by atoms with Crippen LogP contribution in [0.2, 0.25) is 5.02 Å². The number of ether oxygens (including phenoxy) is 2. The molecule has 0 fully saturated rings. The number of carbonyl (C=O) groups excluding carboxylic acids is 1. The van der Waals surface area contributed by atoms with E-state index in [1.807, 2.05) is 62.4 Å². The standard InChI is InChI=1S/C20H22ClNO3/c1-13(2)19(14-7-9-15(21)10-8-14)20(23)22-11-16-12-24-17-5-3-4-6-18(17)25-16/h3-10,13,16,19H,11-12H2,1-2H3,(H,22,23)/t16-,19+/m0/s1. The Balaban J connectivity index is 1.62. The molecule has 1 aliphatic rings. The zero-order valence-corrected chi connectivity index (χ0v) is 15.1. The molecule has 0 spiro atoms. The number of nitrogens with one attached hydrogen (secondary N) is 1. The van der Waals surface area contributed by atoms with Gasteiger partial charge >= 0.3 is 0 Å². The normalized spacial score (nSPS) is 17.2. The van der Waals surface area contributed by atoms with Crippen LogP contribution in [0.25, 0.3) is 0 Å². The summed E-state index contributed by atoms with van der Waals surface area (Å²) in [6, 6.07) is 15.0. The highest BCUT2D eigenvalue weighted by molar-refractivity contribution is 6.30.